The summed E-state index contributed by atoms with van der Waals surface area (Å²) < 4.78 is 5.27. The van der Waals surface area contributed by atoms with Crippen LogP contribution in [0, 0.1) is 5.41 Å². The summed E-state index contributed by atoms with van der Waals surface area (Å²) >= 11 is 0. The molecule has 1 atom stereocenters. The molecule has 1 fully saturated rings. The topological polar surface area (TPSA) is 45.7 Å². The van der Waals surface area contributed by atoms with Gasteiger partial charge < -0.3 is 15.4 Å². The predicted molar refractivity (Wildman–Crippen MR) is 81.6 cm³/mol. The van der Waals surface area contributed by atoms with Gasteiger partial charge in [0.2, 0.25) is 0 Å². The Morgan fingerprint density at radius 1 is 1.32 bits per heavy atom. The van der Waals surface area contributed by atoms with Crippen LogP contribution in [0.2, 0.25) is 0 Å². The highest BCUT2D eigenvalue weighted by Gasteiger charge is 2.33. The fourth-order valence-electron chi connectivity index (χ4n) is 2.14. The van der Waals surface area contributed by atoms with Gasteiger partial charge in [-0.05, 0) is 20.3 Å². The number of unbranched alkanes of at least 4 members (excludes halogenated alkanes) is 2. The molecule has 112 valence electrons. The van der Waals surface area contributed by atoms with Gasteiger partial charge in [0.1, 0.15) is 0 Å². The molecule has 4 heteroatoms. The third-order valence-corrected chi connectivity index (χ3v) is 3.49. The van der Waals surface area contributed by atoms with Crippen molar-refractivity contribution in [2.24, 2.45) is 10.4 Å². The minimum Gasteiger partial charge on any atom is -0.380 e. The zero-order valence-electron chi connectivity index (χ0n) is 13.1. The molecule has 0 amide bonds. The number of ether oxygens (including phenoxy) is 1. The Morgan fingerprint density at radius 2 is 2.05 bits per heavy atom. The standard InChI is InChI=1S/C15H31N3O/c1-5-7-8-9-13(3)18-14(16-6-2)17-10-15(4)11-19-12-15/h13H,5-12H2,1-4H3,(H2,16,17,18). The van der Waals surface area contributed by atoms with E-state index in [2.05, 4.69) is 43.3 Å². The smallest absolute Gasteiger partial charge is 0.191 e. The maximum absolute atomic E-state index is 5.27. The third kappa shape index (κ3) is 6.28. The van der Waals surface area contributed by atoms with Crippen molar-refractivity contribution >= 4 is 5.96 Å². The van der Waals surface area contributed by atoms with Crippen molar-refractivity contribution in [3.05, 3.63) is 0 Å². The maximum atomic E-state index is 5.27. The van der Waals surface area contributed by atoms with Crippen LogP contribution >= 0.6 is 0 Å². The van der Waals surface area contributed by atoms with Gasteiger partial charge in [-0.25, -0.2) is 0 Å². The van der Waals surface area contributed by atoms with Crippen molar-refractivity contribution in [3.8, 4) is 0 Å². The monoisotopic (exact) mass is 269 g/mol. The maximum Gasteiger partial charge on any atom is 0.191 e. The highest BCUT2D eigenvalue weighted by Crippen LogP contribution is 2.26. The molecule has 2 N–H and O–H groups in total. The lowest BCUT2D eigenvalue weighted by molar-refractivity contribution is -0.0945. The van der Waals surface area contributed by atoms with Crippen LogP contribution in [0.1, 0.15) is 53.4 Å². The molecule has 1 unspecified atom stereocenters. The van der Waals surface area contributed by atoms with Crippen LogP contribution in [0.4, 0.5) is 0 Å². The van der Waals surface area contributed by atoms with Gasteiger partial charge >= 0.3 is 0 Å². The summed E-state index contributed by atoms with van der Waals surface area (Å²) in [6.07, 6.45) is 5.09. The average molecular weight is 269 g/mol. The Bertz CT molecular complexity index is 275. The van der Waals surface area contributed by atoms with E-state index in [1.165, 1.54) is 25.7 Å². The number of aliphatic imine (C=N–C) groups is 1. The molecule has 4 nitrogen and oxygen atoms in total. The first kappa shape index (κ1) is 16.3. The minimum atomic E-state index is 0.244. The Kier molecular flexibility index (Phi) is 7.21. The average Bonchev–Trinajstić information content (AvgIpc) is 2.34. The van der Waals surface area contributed by atoms with Crippen LogP contribution in [0.5, 0.6) is 0 Å². The molecule has 19 heavy (non-hydrogen) atoms. The lowest BCUT2D eigenvalue weighted by Gasteiger charge is -2.36. The Morgan fingerprint density at radius 3 is 2.58 bits per heavy atom. The molecular weight excluding hydrogens is 238 g/mol. The molecule has 1 aliphatic rings. The summed E-state index contributed by atoms with van der Waals surface area (Å²) in [5.41, 5.74) is 0.244. The van der Waals surface area contributed by atoms with Gasteiger partial charge in [0, 0.05) is 18.0 Å². The van der Waals surface area contributed by atoms with Crippen molar-refractivity contribution in [3.63, 3.8) is 0 Å². The van der Waals surface area contributed by atoms with E-state index in [9.17, 15) is 0 Å². The second-order valence-electron chi connectivity index (χ2n) is 6.04. The second kappa shape index (κ2) is 8.41. The number of hydrogen-bond acceptors (Lipinski definition) is 2. The fourth-order valence-corrected chi connectivity index (χ4v) is 2.14. The quantitative estimate of drug-likeness (QED) is 0.404. The van der Waals surface area contributed by atoms with Gasteiger partial charge in [-0.1, -0.05) is 33.1 Å². The number of nitrogens with one attached hydrogen (secondary N) is 2. The van der Waals surface area contributed by atoms with E-state index in [0.29, 0.717) is 6.04 Å². The summed E-state index contributed by atoms with van der Waals surface area (Å²) in [5, 5.41) is 6.82. The molecule has 0 saturated carbocycles. The Labute approximate surface area is 118 Å². The lowest BCUT2D eigenvalue weighted by Crippen LogP contribution is -2.46. The molecule has 0 spiro atoms. The van der Waals surface area contributed by atoms with Crippen LogP contribution in [-0.4, -0.2) is 38.3 Å². The van der Waals surface area contributed by atoms with Gasteiger partial charge in [0.25, 0.3) is 0 Å². The largest absolute Gasteiger partial charge is 0.380 e. The summed E-state index contributed by atoms with van der Waals surface area (Å²) in [6.45, 7) is 12.2. The summed E-state index contributed by atoms with van der Waals surface area (Å²) in [6, 6.07) is 0.481. The summed E-state index contributed by atoms with van der Waals surface area (Å²) in [5.74, 6) is 0.944. The molecule has 0 radical (unpaired) electrons. The SMILES string of the molecule is CCCCCC(C)NC(=NCC1(C)COC1)NCC. The van der Waals surface area contributed by atoms with Crippen molar-refractivity contribution in [2.45, 2.75) is 59.4 Å². The number of hydrogen-bond donors (Lipinski definition) is 2. The van der Waals surface area contributed by atoms with E-state index in [1.54, 1.807) is 0 Å². The molecule has 1 heterocycles. The third-order valence-electron chi connectivity index (χ3n) is 3.49. The second-order valence-corrected chi connectivity index (χ2v) is 6.04. The molecular formula is C15H31N3O. The fraction of sp³-hybridized carbons (Fsp3) is 0.933. The molecule has 0 bridgehead atoms. The Balaban J connectivity index is 2.35. The Hall–Kier alpha value is -0.770. The first-order valence-electron chi connectivity index (χ1n) is 7.72. The van der Waals surface area contributed by atoms with Crippen LogP contribution < -0.4 is 10.6 Å². The van der Waals surface area contributed by atoms with E-state index in [0.717, 1.165) is 32.3 Å². The zero-order chi connectivity index (χ0) is 14.1. The summed E-state index contributed by atoms with van der Waals surface area (Å²) in [4.78, 5) is 4.69. The van der Waals surface area contributed by atoms with Crippen LogP contribution in [-0.2, 0) is 4.74 Å². The molecule has 0 aromatic heterocycles. The highest BCUT2D eigenvalue weighted by molar-refractivity contribution is 5.80. The van der Waals surface area contributed by atoms with E-state index >= 15 is 0 Å². The molecule has 0 aliphatic carbocycles. The number of rotatable bonds is 8. The predicted octanol–water partition coefficient (Wildman–Crippen LogP) is 2.55. The van der Waals surface area contributed by atoms with Crippen molar-refractivity contribution < 1.29 is 4.74 Å². The van der Waals surface area contributed by atoms with Crippen molar-refractivity contribution in [1.29, 1.82) is 0 Å². The summed E-state index contributed by atoms with van der Waals surface area (Å²) in [7, 11) is 0. The van der Waals surface area contributed by atoms with Gasteiger partial charge in [-0.3, -0.25) is 4.99 Å². The first-order valence-corrected chi connectivity index (χ1v) is 7.72. The van der Waals surface area contributed by atoms with Crippen molar-refractivity contribution in [1.82, 2.24) is 10.6 Å². The number of nitrogens with zero attached hydrogens (tertiary/aromatic N) is 1. The molecule has 0 aromatic rings. The van der Waals surface area contributed by atoms with Gasteiger partial charge in [-0.2, -0.15) is 0 Å². The van der Waals surface area contributed by atoms with Gasteiger partial charge in [0.05, 0.1) is 19.8 Å². The minimum absolute atomic E-state index is 0.244. The lowest BCUT2D eigenvalue weighted by atomic mass is 9.89. The van der Waals surface area contributed by atoms with E-state index in [4.69, 9.17) is 4.74 Å². The highest BCUT2D eigenvalue weighted by atomic mass is 16.5. The van der Waals surface area contributed by atoms with E-state index in [-0.39, 0.29) is 5.41 Å². The molecule has 1 rings (SSSR count). The van der Waals surface area contributed by atoms with E-state index in [1.807, 2.05) is 0 Å². The zero-order valence-corrected chi connectivity index (χ0v) is 13.1. The molecule has 1 aliphatic heterocycles. The number of guanidine groups is 1. The van der Waals surface area contributed by atoms with E-state index < -0.39 is 0 Å². The first-order chi connectivity index (χ1) is 9.09. The molecule has 1 saturated heterocycles. The van der Waals surface area contributed by atoms with Gasteiger partial charge in [-0.15, -0.1) is 0 Å². The van der Waals surface area contributed by atoms with Crippen LogP contribution in [0.3, 0.4) is 0 Å². The van der Waals surface area contributed by atoms with Crippen molar-refractivity contribution in [2.75, 3.05) is 26.3 Å². The normalized spacial score (nSPS) is 19.7. The van der Waals surface area contributed by atoms with Crippen LogP contribution in [0.25, 0.3) is 0 Å². The van der Waals surface area contributed by atoms with Gasteiger partial charge in [0.15, 0.2) is 5.96 Å². The molecule has 0 aromatic carbocycles. The van der Waals surface area contributed by atoms with Crippen LogP contribution in [0.15, 0.2) is 4.99 Å².